The predicted molar refractivity (Wildman–Crippen MR) is 81.8 cm³/mol. The molecule has 0 radical (unpaired) electrons. The largest absolute Gasteiger partial charge is 0.361 e. The van der Waals surface area contributed by atoms with Gasteiger partial charge < -0.3 is 9.88 Å². The third-order valence-corrected chi connectivity index (χ3v) is 4.43. The normalized spacial score (nSPS) is 16.4. The average molecular weight is 270 g/mol. The highest BCUT2D eigenvalue weighted by Crippen LogP contribution is 2.25. The summed E-state index contributed by atoms with van der Waals surface area (Å²) in [5, 5.41) is 1.02. The van der Waals surface area contributed by atoms with Gasteiger partial charge in [0.15, 0.2) is 0 Å². The van der Waals surface area contributed by atoms with Crippen molar-refractivity contribution in [2.24, 2.45) is 5.92 Å². The van der Waals surface area contributed by atoms with Gasteiger partial charge in [0.1, 0.15) is 0 Å². The zero-order chi connectivity index (χ0) is 13.9. The monoisotopic (exact) mass is 270 g/mol. The Morgan fingerprint density at radius 1 is 1.25 bits per heavy atom. The van der Waals surface area contributed by atoms with E-state index in [1.54, 1.807) is 0 Å². The van der Waals surface area contributed by atoms with Crippen molar-refractivity contribution < 1.29 is 4.79 Å². The third kappa shape index (κ3) is 2.58. The molecular weight excluding hydrogens is 248 g/mol. The number of carbonyl (C=O) groups is 1. The Morgan fingerprint density at radius 3 is 2.85 bits per heavy atom. The summed E-state index contributed by atoms with van der Waals surface area (Å²) in [6.45, 7) is 0.889. The van der Waals surface area contributed by atoms with E-state index in [0.29, 0.717) is 5.92 Å². The van der Waals surface area contributed by atoms with Gasteiger partial charge in [0.25, 0.3) is 5.91 Å². The van der Waals surface area contributed by atoms with Gasteiger partial charge in [0.05, 0.1) is 0 Å². The molecule has 1 aliphatic rings. The molecule has 0 spiro atoms. The molecule has 1 heterocycles. The predicted octanol–water partition coefficient (Wildman–Crippen LogP) is 3.82. The summed E-state index contributed by atoms with van der Waals surface area (Å²) in [4.78, 5) is 17.7. The molecule has 0 bridgehead atoms. The van der Waals surface area contributed by atoms with Crippen LogP contribution in [-0.4, -0.2) is 29.4 Å². The van der Waals surface area contributed by atoms with Gasteiger partial charge in [-0.15, -0.1) is 0 Å². The minimum Gasteiger partial charge on any atom is -0.361 e. The van der Waals surface area contributed by atoms with Crippen molar-refractivity contribution in [3.63, 3.8) is 0 Å². The van der Waals surface area contributed by atoms with Crippen LogP contribution in [0, 0.1) is 5.92 Å². The van der Waals surface area contributed by atoms with Crippen molar-refractivity contribution in [3.05, 3.63) is 36.0 Å². The number of nitrogens with zero attached hydrogens (tertiary/aromatic N) is 1. The first-order chi connectivity index (χ1) is 9.75. The smallest absolute Gasteiger partial charge is 0.254 e. The van der Waals surface area contributed by atoms with Gasteiger partial charge in [-0.25, -0.2) is 0 Å². The molecule has 1 saturated carbocycles. The fraction of sp³-hybridized carbons (Fsp3) is 0.471. The van der Waals surface area contributed by atoms with E-state index < -0.39 is 0 Å². The molecule has 1 fully saturated rings. The van der Waals surface area contributed by atoms with E-state index in [9.17, 15) is 4.79 Å². The Kier molecular flexibility index (Phi) is 3.77. The maximum atomic E-state index is 12.6. The van der Waals surface area contributed by atoms with Crippen LogP contribution in [0.2, 0.25) is 0 Å². The highest BCUT2D eigenvalue weighted by molar-refractivity contribution is 6.06. The number of H-pyrrole nitrogens is 1. The number of fused-ring (bicyclic) bond motifs is 1. The Labute approximate surface area is 120 Å². The van der Waals surface area contributed by atoms with Crippen molar-refractivity contribution in [1.82, 2.24) is 9.88 Å². The van der Waals surface area contributed by atoms with E-state index in [-0.39, 0.29) is 5.91 Å². The molecule has 0 aliphatic heterocycles. The SMILES string of the molecule is CN(CC1CCCCC1)C(=O)c1cccc2[nH]ccc12. The molecule has 0 unspecified atom stereocenters. The maximum absolute atomic E-state index is 12.6. The fourth-order valence-electron chi connectivity index (χ4n) is 3.32. The van der Waals surface area contributed by atoms with Gasteiger partial charge >= 0.3 is 0 Å². The number of hydrogen-bond donors (Lipinski definition) is 1. The Hall–Kier alpha value is -1.77. The van der Waals surface area contributed by atoms with Crippen molar-refractivity contribution in [3.8, 4) is 0 Å². The van der Waals surface area contributed by atoms with Crippen LogP contribution in [0.5, 0.6) is 0 Å². The van der Waals surface area contributed by atoms with Gasteiger partial charge in [0.2, 0.25) is 0 Å². The molecule has 1 aromatic carbocycles. The topological polar surface area (TPSA) is 36.1 Å². The van der Waals surface area contributed by atoms with Gasteiger partial charge in [-0.1, -0.05) is 25.3 Å². The lowest BCUT2D eigenvalue weighted by Crippen LogP contribution is -2.32. The summed E-state index contributed by atoms with van der Waals surface area (Å²) in [7, 11) is 1.93. The molecule has 3 heteroatoms. The number of carbonyl (C=O) groups excluding carboxylic acids is 1. The first kappa shape index (κ1) is 13.2. The van der Waals surface area contributed by atoms with Crippen LogP contribution >= 0.6 is 0 Å². The minimum atomic E-state index is 0.140. The van der Waals surface area contributed by atoms with Crippen molar-refractivity contribution in [1.29, 1.82) is 0 Å². The van der Waals surface area contributed by atoms with E-state index in [4.69, 9.17) is 0 Å². The number of rotatable bonds is 3. The second-order valence-electron chi connectivity index (χ2n) is 5.93. The molecule has 20 heavy (non-hydrogen) atoms. The number of nitrogens with one attached hydrogen (secondary N) is 1. The average Bonchev–Trinajstić information content (AvgIpc) is 2.96. The van der Waals surface area contributed by atoms with Crippen molar-refractivity contribution in [2.45, 2.75) is 32.1 Å². The molecular formula is C17H22N2O. The fourth-order valence-corrected chi connectivity index (χ4v) is 3.32. The lowest BCUT2D eigenvalue weighted by Gasteiger charge is -2.27. The first-order valence-corrected chi connectivity index (χ1v) is 7.57. The molecule has 0 atom stereocenters. The summed E-state index contributed by atoms with van der Waals surface area (Å²) in [5.74, 6) is 0.823. The highest BCUT2D eigenvalue weighted by Gasteiger charge is 2.20. The molecule has 0 saturated heterocycles. The number of amides is 1. The van der Waals surface area contributed by atoms with Gasteiger partial charge in [-0.3, -0.25) is 4.79 Å². The maximum Gasteiger partial charge on any atom is 0.254 e. The summed E-state index contributed by atoms with van der Waals surface area (Å²) in [6, 6.07) is 7.86. The van der Waals surface area contributed by atoms with E-state index >= 15 is 0 Å². The lowest BCUT2D eigenvalue weighted by atomic mass is 9.89. The Bertz CT molecular complexity index is 596. The summed E-state index contributed by atoms with van der Waals surface area (Å²) in [5.41, 5.74) is 1.84. The van der Waals surface area contributed by atoms with Crippen LogP contribution in [0.3, 0.4) is 0 Å². The third-order valence-electron chi connectivity index (χ3n) is 4.43. The summed E-state index contributed by atoms with van der Waals surface area (Å²) < 4.78 is 0. The number of hydrogen-bond acceptors (Lipinski definition) is 1. The quantitative estimate of drug-likeness (QED) is 0.904. The lowest BCUT2D eigenvalue weighted by molar-refractivity contribution is 0.0762. The second kappa shape index (κ2) is 5.70. The highest BCUT2D eigenvalue weighted by atomic mass is 16.2. The van der Waals surface area contributed by atoms with Crippen LogP contribution < -0.4 is 0 Å². The molecule has 106 valence electrons. The van der Waals surface area contributed by atoms with Gasteiger partial charge in [0, 0.05) is 36.3 Å². The van der Waals surface area contributed by atoms with E-state index in [0.717, 1.165) is 23.0 Å². The minimum absolute atomic E-state index is 0.140. The van der Waals surface area contributed by atoms with Crippen LogP contribution in [-0.2, 0) is 0 Å². The molecule has 3 rings (SSSR count). The number of aromatic amines is 1. The van der Waals surface area contributed by atoms with Crippen LogP contribution in [0.4, 0.5) is 0 Å². The Balaban J connectivity index is 1.75. The molecule has 2 aromatic rings. The van der Waals surface area contributed by atoms with E-state index in [2.05, 4.69) is 4.98 Å². The molecule has 1 aliphatic carbocycles. The number of aromatic nitrogens is 1. The second-order valence-corrected chi connectivity index (χ2v) is 5.93. The van der Waals surface area contributed by atoms with E-state index in [1.807, 2.05) is 42.4 Å². The number of benzene rings is 1. The molecule has 1 N–H and O–H groups in total. The zero-order valence-electron chi connectivity index (χ0n) is 12.1. The Morgan fingerprint density at radius 2 is 2.05 bits per heavy atom. The van der Waals surface area contributed by atoms with Crippen LogP contribution in [0.15, 0.2) is 30.5 Å². The molecule has 1 amide bonds. The molecule has 3 nitrogen and oxygen atoms in total. The molecule has 1 aromatic heterocycles. The van der Waals surface area contributed by atoms with Crippen LogP contribution in [0.1, 0.15) is 42.5 Å². The summed E-state index contributed by atoms with van der Waals surface area (Å²) >= 11 is 0. The van der Waals surface area contributed by atoms with Crippen LogP contribution in [0.25, 0.3) is 10.9 Å². The first-order valence-electron chi connectivity index (χ1n) is 7.57. The van der Waals surface area contributed by atoms with Gasteiger partial charge in [-0.2, -0.15) is 0 Å². The summed E-state index contributed by atoms with van der Waals surface area (Å²) in [6.07, 6.45) is 8.43. The van der Waals surface area contributed by atoms with E-state index in [1.165, 1.54) is 32.1 Å². The van der Waals surface area contributed by atoms with Crippen molar-refractivity contribution in [2.75, 3.05) is 13.6 Å². The van der Waals surface area contributed by atoms with Gasteiger partial charge in [-0.05, 0) is 37.0 Å². The van der Waals surface area contributed by atoms with Crippen molar-refractivity contribution >= 4 is 16.8 Å². The standard InChI is InChI=1S/C17H22N2O/c1-19(12-13-6-3-2-4-7-13)17(20)15-8-5-9-16-14(15)10-11-18-16/h5,8-11,13,18H,2-4,6-7,12H2,1H3. The zero-order valence-corrected chi connectivity index (χ0v) is 12.1.